The normalized spacial score (nSPS) is 22.9. The van der Waals surface area contributed by atoms with Crippen molar-refractivity contribution in [3.8, 4) is 5.75 Å². The van der Waals surface area contributed by atoms with Gasteiger partial charge >= 0.3 is 0 Å². The van der Waals surface area contributed by atoms with Crippen molar-refractivity contribution >= 4 is 27.5 Å². The second-order valence-electron chi connectivity index (χ2n) is 6.14. The summed E-state index contributed by atoms with van der Waals surface area (Å²) in [4.78, 5) is 0. The van der Waals surface area contributed by atoms with E-state index in [0.29, 0.717) is 11.5 Å². The van der Waals surface area contributed by atoms with Gasteiger partial charge < -0.3 is 10.1 Å². The van der Waals surface area contributed by atoms with E-state index in [9.17, 15) is 0 Å². The van der Waals surface area contributed by atoms with Crippen LogP contribution in [-0.2, 0) is 0 Å². The van der Waals surface area contributed by atoms with Gasteiger partial charge in [-0.3, -0.25) is 0 Å². The Kier molecular flexibility index (Phi) is 4.58. The molecule has 2 nitrogen and oxygen atoms in total. The molecule has 1 spiro atoms. The lowest BCUT2D eigenvalue weighted by Crippen LogP contribution is -2.40. The van der Waals surface area contributed by atoms with Crippen LogP contribution in [0.15, 0.2) is 22.7 Å². The first-order valence-electron chi connectivity index (χ1n) is 7.49. The van der Waals surface area contributed by atoms with Crippen molar-refractivity contribution in [3.63, 3.8) is 0 Å². The second-order valence-corrected chi connectivity index (χ2v) is 7.40. The highest BCUT2D eigenvalue weighted by Crippen LogP contribution is 2.44. The molecule has 1 heterocycles. The Hall–Kier alpha value is -0.250. The van der Waals surface area contributed by atoms with Crippen molar-refractivity contribution in [3.05, 3.63) is 27.7 Å². The molecule has 1 aromatic carbocycles. The summed E-state index contributed by atoms with van der Waals surface area (Å²) in [5.41, 5.74) is 0.603. The Morgan fingerprint density at radius 2 is 1.85 bits per heavy atom. The van der Waals surface area contributed by atoms with Crippen LogP contribution in [0.1, 0.15) is 38.5 Å². The van der Waals surface area contributed by atoms with Gasteiger partial charge in [0, 0.05) is 4.47 Å². The number of hydrogen-bond donors (Lipinski definition) is 1. The van der Waals surface area contributed by atoms with Gasteiger partial charge in [0.2, 0.25) is 0 Å². The smallest absolute Gasteiger partial charge is 0.120 e. The third-order valence-corrected chi connectivity index (χ3v) is 6.07. The van der Waals surface area contributed by atoms with Gasteiger partial charge in [0.15, 0.2) is 0 Å². The van der Waals surface area contributed by atoms with Gasteiger partial charge in [0.25, 0.3) is 0 Å². The molecule has 3 rings (SSSR count). The zero-order chi connectivity index (χ0) is 14.0. The first-order chi connectivity index (χ1) is 9.67. The lowest BCUT2D eigenvalue weighted by molar-refractivity contribution is 0.0572. The van der Waals surface area contributed by atoms with E-state index in [4.69, 9.17) is 16.3 Å². The number of benzene rings is 1. The maximum atomic E-state index is 6.12. The number of halogens is 2. The van der Waals surface area contributed by atoms with Crippen LogP contribution in [0, 0.1) is 5.41 Å². The Labute approximate surface area is 134 Å². The van der Waals surface area contributed by atoms with Gasteiger partial charge in [-0.2, -0.15) is 0 Å². The standard InChI is InChI=1S/C16H21BrClNO/c17-14-11-13(1-2-15(14)18)20-12-3-5-16(6-4-12)7-9-19-10-8-16/h1-2,11-12,19H,3-10H2. The van der Waals surface area contributed by atoms with Crippen LogP contribution in [0.4, 0.5) is 0 Å². The zero-order valence-electron chi connectivity index (χ0n) is 11.6. The van der Waals surface area contributed by atoms with Gasteiger partial charge in [-0.25, -0.2) is 0 Å². The second kappa shape index (κ2) is 6.25. The molecule has 110 valence electrons. The highest BCUT2D eigenvalue weighted by atomic mass is 79.9. The van der Waals surface area contributed by atoms with E-state index in [1.54, 1.807) is 0 Å². The summed E-state index contributed by atoms with van der Waals surface area (Å²) in [5.74, 6) is 0.924. The van der Waals surface area contributed by atoms with Gasteiger partial charge in [-0.1, -0.05) is 11.6 Å². The van der Waals surface area contributed by atoms with Crippen LogP contribution in [0.25, 0.3) is 0 Å². The quantitative estimate of drug-likeness (QED) is 0.820. The predicted molar refractivity (Wildman–Crippen MR) is 86.6 cm³/mol. The van der Waals surface area contributed by atoms with Crippen LogP contribution in [0.5, 0.6) is 5.75 Å². The van der Waals surface area contributed by atoms with Crippen molar-refractivity contribution < 1.29 is 4.74 Å². The first kappa shape index (κ1) is 14.7. The zero-order valence-corrected chi connectivity index (χ0v) is 14.0. The van der Waals surface area contributed by atoms with Crippen LogP contribution in [0.2, 0.25) is 5.02 Å². The van der Waals surface area contributed by atoms with Crippen molar-refractivity contribution in [1.29, 1.82) is 0 Å². The first-order valence-corrected chi connectivity index (χ1v) is 8.66. The highest BCUT2D eigenvalue weighted by Gasteiger charge is 2.36. The largest absolute Gasteiger partial charge is 0.490 e. The molecule has 1 aromatic rings. The maximum absolute atomic E-state index is 6.12. The number of ether oxygens (including phenoxy) is 1. The van der Waals surface area contributed by atoms with Crippen molar-refractivity contribution in [1.82, 2.24) is 5.32 Å². The van der Waals surface area contributed by atoms with Crippen LogP contribution >= 0.6 is 27.5 Å². The summed E-state index contributed by atoms with van der Waals surface area (Å²) in [5, 5.41) is 4.20. The predicted octanol–water partition coefficient (Wildman–Crippen LogP) is 4.79. The van der Waals surface area contributed by atoms with Crippen molar-refractivity contribution in [2.24, 2.45) is 5.41 Å². The van der Waals surface area contributed by atoms with Crippen LogP contribution in [-0.4, -0.2) is 19.2 Å². The minimum absolute atomic E-state index is 0.364. The molecule has 2 aliphatic rings. The summed E-state index contributed by atoms with van der Waals surface area (Å²) >= 11 is 9.46. The minimum Gasteiger partial charge on any atom is -0.490 e. The fourth-order valence-electron chi connectivity index (χ4n) is 3.52. The fourth-order valence-corrected chi connectivity index (χ4v) is 4.00. The van der Waals surface area contributed by atoms with Crippen LogP contribution in [0.3, 0.4) is 0 Å². The molecule has 20 heavy (non-hydrogen) atoms. The molecule has 0 atom stereocenters. The van der Waals surface area contributed by atoms with Crippen molar-refractivity contribution in [2.45, 2.75) is 44.6 Å². The van der Waals surface area contributed by atoms with Gasteiger partial charge in [0.1, 0.15) is 5.75 Å². The molecule has 1 saturated heterocycles. The molecule has 2 fully saturated rings. The monoisotopic (exact) mass is 357 g/mol. The number of hydrogen-bond acceptors (Lipinski definition) is 2. The molecule has 1 aliphatic heterocycles. The highest BCUT2D eigenvalue weighted by molar-refractivity contribution is 9.10. The molecule has 0 bridgehead atoms. The van der Waals surface area contributed by atoms with E-state index in [0.717, 1.165) is 15.2 Å². The lowest BCUT2D eigenvalue weighted by Gasteiger charge is -2.43. The molecule has 4 heteroatoms. The summed E-state index contributed by atoms with van der Waals surface area (Å²) in [6.07, 6.45) is 8.03. The van der Waals surface area contributed by atoms with Gasteiger partial charge in [-0.15, -0.1) is 0 Å². The van der Waals surface area contributed by atoms with E-state index < -0.39 is 0 Å². The van der Waals surface area contributed by atoms with E-state index in [-0.39, 0.29) is 0 Å². The average molecular weight is 359 g/mol. The van der Waals surface area contributed by atoms with E-state index >= 15 is 0 Å². The van der Waals surface area contributed by atoms with Crippen molar-refractivity contribution in [2.75, 3.05) is 13.1 Å². The Bertz CT molecular complexity index is 464. The van der Waals surface area contributed by atoms with E-state index in [2.05, 4.69) is 21.2 Å². The summed E-state index contributed by atoms with van der Waals surface area (Å²) < 4.78 is 7.03. The molecular weight excluding hydrogens is 338 g/mol. The molecular formula is C16H21BrClNO. The summed E-state index contributed by atoms with van der Waals surface area (Å²) in [6, 6.07) is 5.82. The molecule has 0 radical (unpaired) electrons. The molecule has 1 saturated carbocycles. The minimum atomic E-state index is 0.364. The third kappa shape index (κ3) is 3.32. The molecule has 0 unspecified atom stereocenters. The third-order valence-electron chi connectivity index (χ3n) is 4.85. The Morgan fingerprint density at radius 1 is 1.15 bits per heavy atom. The maximum Gasteiger partial charge on any atom is 0.120 e. The fraction of sp³-hybridized carbons (Fsp3) is 0.625. The number of piperidine rings is 1. The SMILES string of the molecule is Clc1ccc(OC2CCC3(CCNCC3)CC2)cc1Br. The average Bonchev–Trinajstić information content (AvgIpc) is 2.47. The molecule has 0 aromatic heterocycles. The van der Waals surface area contributed by atoms with E-state index in [1.165, 1.54) is 51.6 Å². The Morgan fingerprint density at radius 3 is 2.50 bits per heavy atom. The number of rotatable bonds is 2. The number of nitrogens with one attached hydrogen (secondary N) is 1. The molecule has 1 aliphatic carbocycles. The molecule has 1 N–H and O–H groups in total. The summed E-state index contributed by atoms with van der Waals surface area (Å²) in [6.45, 7) is 2.38. The lowest BCUT2D eigenvalue weighted by atomic mass is 9.68. The molecule has 0 amide bonds. The van der Waals surface area contributed by atoms with Crippen LogP contribution < -0.4 is 10.1 Å². The topological polar surface area (TPSA) is 21.3 Å². The van der Waals surface area contributed by atoms with Gasteiger partial charge in [-0.05, 0) is 91.2 Å². The summed E-state index contributed by atoms with van der Waals surface area (Å²) in [7, 11) is 0. The van der Waals surface area contributed by atoms with Gasteiger partial charge in [0.05, 0.1) is 11.1 Å². The van der Waals surface area contributed by atoms with E-state index in [1.807, 2.05) is 18.2 Å². The Balaban J connectivity index is 1.56.